The van der Waals surface area contributed by atoms with Crippen molar-refractivity contribution < 1.29 is 0 Å². The number of benzene rings is 1. The SMILES string of the molecule is CC(C)C(c1ccccc1)C(Cl)(Cl)Cl. The fraction of sp³-hybridized carbons (Fsp3) is 0.455. The molecule has 0 fully saturated rings. The maximum atomic E-state index is 5.96. The van der Waals surface area contributed by atoms with E-state index in [0.717, 1.165) is 5.56 Å². The third kappa shape index (κ3) is 3.05. The van der Waals surface area contributed by atoms with Gasteiger partial charge in [0.25, 0.3) is 0 Å². The van der Waals surface area contributed by atoms with Crippen molar-refractivity contribution >= 4 is 34.8 Å². The first-order valence-electron chi connectivity index (χ1n) is 4.54. The van der Waals surface area contributed by atoms with Gasteiger partial charge < -0.3 is 0 Å². The van der Waals surface area contributed by atoms with Crippen molar-refractivity contribution in [3.05, 3.63) is 35.9 Å². The highest BCUT2D eigenvalue weighted by molar-refractivity contribution is 6.68. The highest BCUT2D eigenvalue weighted by atomic mass is 35.6. The van der Waals surface area contributed by atoms with Crippen LogP contribution in [-0.4, -0.2) is 3.79 Å². The van der Waals surface area contributed by atoms with Gasteiger partial charge in [-0.05, 0) is 11.5 Å². The largest absolute Gasteiger partial charge is 0.197 e. The lowest BCUT2D eigenvalue weighted by Gasteiger charge is -2.28. The van der Waals surface area contributed by atoms with Crippen LogP contribution in [0.4, 0.5) is 0 Å². The molecule has 0 N–H and O–H groups in total. The molecule has 0 heterocycles. The summed E-state index contributed by atoms with van der Waals surface area (Å²) in [4.78, 5) is 0. The Morgan fingerprint density at radius 1 is 1.00 bits per heavy atom. The standard InChI is InChI=1S/C11H13Cl3/c1-8(2)10(11(12,13)14)9-6-4-3-5-7-9/h3-8,10H,1-2H3. The first-order chi connectivity index (χ1) is 6.43. The Morgan fingerprint density at radius 2 is 1.50 bits per heavy atom. The van der Waals surface area contributed by atoms with Crippen molar-refractivity contribution in [3.63, 3.8) is 0 Å². The zero-order chi connectivity index (χ0) is 10.8. The molecular weight excluding hydrogens is 238 g/mol. The molecule has 0 amide bonds. The summed E-state index contributed by atoms with van der Waals surface area (Å²) in [6, 6.07) is 9.86. The molecule has 14 heavy (non-hydrogen) atoms. The lowest BCUT2D eigenvalue weighted by molar-refractivity contribution is 0.505. The second-order valence-corrected chi connectivity index (χ2v) is 6.04. The van der Waals surface area contributed by atoms with E-state index in [-0.39, 0.29) is 5.92 Å². The second kappa shape index (κ2) is 4.74. The molecule has 0 saturated heterocycles. The molecule has 1 unspecified atom stereocenters. The summed E-state index contributed by atoms with van der Waals surface area (Å²) >= 11 is 17.9. The Morgan fingerprint density at radius 3 is 1.86 bits per heavy atom. The molecular formula is C11H13Cl3. The van der Waals surface area contributed by atoms with Gasteiger partial charge in [0.1, 0.15) is 0 Å². The molecule has 78 valence electrons. The molecule has 0 aliphatic rings. The molecule has 1 rings (SSSR count). The summed E-state index contributed by atoms with van der Waals surface area (Å²) in [5.74, 6) is 0.235. The summed E-state index contributed by atoms with van der Waals surface area (Å²) < 4.78 is -1.24. The minimum atomic E-state index is -1.24. The molecule has 0 bridgehead atoms. The van der Waals surface area contributed by atoms with E-state index in [2.05, 4.69) is 13.8 Å². The third-order valence-electron chi connectivity index (χ3n) is 2.18. The van der Waals surface area contributed by atoms with Gasteiger partial charge in [-0.3, -0.25) is 0 Å². The normalized spacial score (nSPS) is 14.4. The molecule has 0 aliphatic carbocycles. The fourth-order valence-corrected chi connectivity index (χ4v) is 2.75. The molecule has 0 saturated carbocycles. The van der Waals surface area contributed by atoms with Crippen LogP contribution in [-0.2, 0) is 0 Å². The number of rotatable bonds is 2. The van der Waals surface area contributed by atoms with E-state index in [1.165, 1.54) is 0 Å². The van der Waals surface area contributed by atoms with Crippen LogP contribution in [0.2, 0.25) is 0 Å². The van der Waals surface area contributed by atoms with Crippen molar-refractivity contribution in [3.8, 4) is 0 Å². The number of hydrogen-bond donors (Lipinski definition) is 0. The van der Waals surface area contributed by atoms with Gasteiger partial charge in [0.15, 0.2) is 3.79 Å². The van der Waals surface area contributed by atoms with Gasteiger partial charge in [-0.15, -0.1) is 0 Å². The Labute approximate surface area is 100 Å². The van der Waals surface area contributed by atoms with Gasteiger partial charge in [0.2, 0.25) is 0 Å². The van der Waals surface area contributed by atoms with Gasteiger partial charge in [0.05, 0.1) is 0 Å². The van der Waals surface area contributed by atoms with E-state index in [0.29, 0.717) is 5.92 Å². The number of hydrogen-bond acceptors (Lipinski definition) is 0. The molecule has 0 aromatic heterocycles. The van der Waals surface area contributed by atoms with E-state index in [4.69, 9.17) is 34.8 Å². The summed E-state index contributed by atoms with van der Waals surface area (Å²) in [5.41, 5.74) is 1.07. The van der Waals surface area contributed by atoms with Crippen molar-refractivity contribution in [2.24, 2.45) is 5.92 Å². The summed E-state index contributed by atoms with van der Waals surface area (Å²) in [6.45, 7) is 4.11. The smallest absolute Gasteiger partial charge is 0.0830 e. The zero-order valence-electron chi connectivity index (χ0n) is 8.18. The highest BCUT2D eigenvalue weighted by Crippen LogP contribution is 2.45. The molecule has 3 heteroatoms. The van der Waals surface area contributed by atoms with E-state index < -0.39 is 3.79 Å². The van der Waals surface area contributed by atoms with Crippen molar-refractivity contribution in [1.29, 1.82) is 0 Å². The van der Waals surface area contributed by atoms with Gasteiger partial charge in [-0.2, -0.15) is 0 Å². The Kier molecular flexibility index (Phi) is 4.12. The van der Waals surface area contributed by atoms with Gasteiger partial charge >= 0.3 is 0 Å². The predicted octanol–water partition coefficient (Wildman–Crippen LogP) is 4.80. The van der Waals surface area contributed by atoms with Crippen molar-refractivity contribution in [1.82, 2.24) is 0 Å². The van der Waals surface area contributed by atoms with Gasteiger partial charge in [-0.25, -0.2) is 0 Å². The molecule has 0 nitrogen and oxygen atoms in total. The minimum absolute atomic E-state index is 0.0614. The quantitative estimate of drug-likeness (QED) is 0.663. The predicted molar refractivity (Wildman–Crippen MR) is 64.3 cm³/mol. The van der Waals surface area contributed by atoms with Gasteiger partial charge in [-0.1, -0.05) is 79.0 Å². The lowest BCUT2D eigenvalue weighted by atomic mass is 9.90. The van der Waals surface area contributed by atoms with Crippen LogP contribution in [0.1, 0.15) is 25.3 Å². The van der Waals surface area contributed by atoms with E-state index in [9.17, 15) is 0 Å². The lowest BCUT2D eigenvalue weighted by Crippen LogP contribution is -2.22. The summed E-state index contributed by atoms with van der Waals surface area (Å²) in [5, 5.41) is 0. The van der Waals surface area contributed by atoms with Crippen LogP contribution < -0.4 is 0 Å². The van der Waals surface area contributed by atoms with Crippen molar-refractivity contribution in [2.75, 3.05) is 0 Å². The van der Waals surface area contributed by atoms with Crippen LogP contribution in [0.5, 0.6) is 0 Å². The molecule has 1 aromatic carbocycles. The maximum absolute atomic E-state index is 5.96. The van der Waals surface area contributed by atoms with Crippen LogP contribution in [0.3, 0.4) is 0 Å². The molecule has 1 atom stereocenters. The molecule has 0 aliphatic heterocycles. The monoisotopic (exact) mass is 250 g/mol. The Bertz CT molecular complexity index is 274. The summed E-state index contributed by atoms with van der Waals surface area (Å²) in [7, 11) is 0. The average molecular weight is 252 g/mol. The maximum Gasteiger partial charge on any atom is 0.197 e. The van der Waals surface area contributed by atoms with Crippen molar-refractivity contribution in [2.45, 2.75) is 23.6 Å². The molecule has 1 aromatic rings. The first-order valence-corrected chi connectivity index (χ1v) is 5.68. The first kappa shape index (κ1) is 12.2. The average Bonchev–Trinajstić information content (AvgIpc) is 2.02. The second-order valence-electron chi connectivity index (χ2n) is 3.67. The topological polar surface area (TPSA) is 0 Å². The molecule has 0 spiro atoms. The fourth-order valence-electron chi connectivity index (χ4n) is 1.61. The van der Waals surface area contributed by atoms with E-state index in [1.54, 1.807) is 0 Å². The van der Waals surface area contributed by atoms with Gasteiger partial charge in [0, 0.05) is 5.92 Å². The number of halogens is 3. The highest BCUT2D eigenvalue weighted by Gasteiger charge is 2.35. The summed E-state index contributed by atoms with van der Waals surface area (Å²) in [6.07, 6.45) is 0. The Hall–Kier alpha value is 0.0900. The van der Waals surface area contributed by atoms with E-state index in [1.807, 2.05) is 30.3 Å². The Balaban J connectivity index is 3.02. The van der Waals surface area contributed by atoms with E-state index >= 15 is 0 Å². The van der Waals surface area contributed by atoms with Crippen LogP contribution in [0.15, 0.2) is 30.3 Å². The van der Waals surface area contributed by atoms with Crippen LogP contribution in [0.25, 0.3) is 0 Å². The number of alkyl halides is 3. The minimum Gasteiger partial charge on any atom is -0.0830 e. The third-order valence-corrected chi connectivity index (χ3v) is 2.88. The van der Waals surface area contributed by atoms with Crippen LogP contribution in [0, 0.1) is 5.92 Å². The van der Waals surface area contributed by atoms with Crippen LogP contribution >= 0.6 is 34.8 Å². The zero-order valence-corrected chi connectivity index (χ0v) is 10.4. The molecule has 0 radical (unpaired) electrons.